The monoisotopic (exact) mass is 267 g/mol. The van der Waals surface area contributed by atoms with Crippen molar-refractivity contribution in [3.63, 3.8) is 0 Å². The fourth-order valence-corrected chi connectivity index (χ4v) is 1.48. The van der Waals surface area contributed by atoms with Crippen molar-refractivity contribution in [1.29, 1.82) is 0 Å². The summed E-state index contributed by atoms with van der Waals surface area (Å²) in [7, 11) is 1.63. The number of aliphatic hydroxyl groups excluding tert-OH is 1. The summed E-state index contributed by atoms with van der Waals surface area (Å²) in [6.45, 7) is 7.23. The minimum Gasteiger partial charge on any atom is -0.497 e. The van der Waals surface area contributed by atoms with Crippen LogP contribution in [0.1, 0.15) is 20.8 Å². The highest BCUT2D eigenvalue weighted by molar-refractivity contribution is 5.31. The summed E-state index contributed by atoms with van der Waals surface area (Å²) in [6, 6.07) is 7.71. The first-order chi connectivity index (χ1) is 9.02. The molecule has 2 unspecified atom stereocenters. The lowest BCUT2D eigenvalue weighted by Gasteiger charge is -2.20. The van der Waals surface area contributed by atoms with Crippen LogP contribution < -0.4 is 14.8 Å². The summed E-state index contributed by atoms with van der Waals surface area (Å²) < 4.78 is 10.6. The first-order valence-electron chi connectivity index (χ1n) is 6.71. The van der Waals surface area contributed by atoms with Crippen LogP contribution in [0.15, 0.2) is 24.3 Å². The third-order valence-corrected chi connectivity index (χ3v) is 3.18. The van der Waals surface area contributed by atoms with Crippen molar-refractivity contribution in [3.05, 3.63) is 24.3 Å². The Balaban J connectivity index is 2.27. The van der Waals surface area contributed by atoms with Crippen molar-refractivity contribution in [2.24, 2.45) is 5.92 Å². The van der Waals surface area contributed by atoms with Crippen LogP contribution in [0.25, 0.3) is 0 Å². The molecule has 1 rings (SSSR count). The predicted octanol–water partition coefficient (Wildman–Crippen LogP) is 2.07. The molecule has 1 aromatic carbocycles. The van der Waals surface area contributed by atoms with Gasteiger partial charge in [0.05, 0.1) is 7.11 Å². The van der Waals surface area contributed by atoms with Crippen LogP contribution in [0, 0.1) is 5.92 Å². The van der Waals surface area contributed by atoms with E-state index < -0.39 is 6.10 Å². The van der Waals surface area contributed by atoms with E-state index in [0.717, 1.165) is 11.5 Å². The van der Waals surface area contributed by atoms with Crippen LogP contribution in [-0.2, 0) is 0 Å². The fourth-order valence-electron chi connectivity index (χ4n) is 1.48. The Labute approximate surface area is 115 Å². The van der Waals surface area contributed by atoms with Crippen molar-refractivity contribution in [2.75, 3.05) is 20.3 Å². The zero-order valence-corrected chi connectivity index (χ0v) is 12.2. The van der Waals surface area contributed by atoms with Gasteiger partial charge in [0.2, 0.25) is 0 Å². The van der Waals surface area contributed by atoms with E-state index in [1.807, 2.05) is 24.3 Å². The lowest BCUT2D eigenvalue weighted by Crippen LogP contribution is -2.38. The second-order valence-electron chi connectivity index (χ2n) is 5.08. The number of ether oxygens (including phenoxy) is 2. The van der Waals surface area contributed by atoms with Crippen LogP contribution in [0.5, 0.6) is 11.5 Å². The Morgan fingerprint density at radius 3 is 2.21 bits per heavy atom. The second kappa shape index (κ2) is 8.02. The third-order valence-electron chi connectivity index (χ3n) is 3.18. The number of rotatable bonds is 8. The maximum absolute atomic E-state index is 9.83. The standard InChI is InChI=1S/C15H25NO3/c1-11(2)12(3)16-9-13(17)10-19-15-7-5-14(18-4)6-8-15/h5-8,11-13,16-17H,9-10H2,1-4H3. The van der Waals surface area contributed by atoms with Gasteiger partial charge in [0, 0.05) is 12.6 Å². The first kappa shape index (κ1) is 15.8. The van der Waals surface area contributed by atoms with E-state index >= 15 is 0 Å². The van der Waals surface area contributed by atoms with Gasteiger partial charge in [-0.25, -0.2) is 0 Å². The van der Waals surface area contributed by atoms with Gasteiger partial charge in [-0.1, -0.05) is 13.8 Å². The topological polar surface area (TPSA) is 50.7 Å². The van der Waals surface area contributed by atoms with E-state index in [2.05, 4.69) is 26.1 Å². The Morgan fingerprint density at radius 1 is 1.11 bits per heavy atom. The normalized spacial score (nSPS) is 14.2. The molecule has 0 amide bonds. The number of benzene rings is 1. The molecular formula is C15H25NO3. The molecule has 0 aliphatic carbocycles. The molecule has 2 N–H and O–H groups in total. The molecule has 0 aliphatic rings. The van der Waals surface area contributed by atoms with Gasteiger partial charge in [0.25, 0.3) is 0 Å². The molecule has 0 spiro atoms. The lowest BCUT2D eigenvalue weighted by molar-refractivity contribution is 0.102. The first-order valence-corrected chi connectivity index (χ1v) is 6.71. The molecule has 0 heterocycles. The average molecular weight is 267 g/mol. The smallest absolute Gasteiger partial charge is 0.119 e. The largest absolute Gasteiger partial charge is 0.497 e. The summed E-state index contributed by atoms with van der Waals surface area (Å²) in [5.41, 5.74) is 0. The van der Waals surface area contributed by atoms with Gasteiger partial charge >= 0.3 is 0 Å². The van der Waals surface area contributed by atoms with Crippen molar-refractivity contribution in [3.8, 4) is 11.5 Å². The molecule has 0 bridgehead atoms. The van der Waals surface area contributed by atoms with E-state index in [-0.39, 0.29) is 6.61 Å². The van der Waals surface area contributed by atoms with Gasteiger partial charge < -0.3 is 19.9 Å². The van der Waals surface area contributed by atoms with Gasteiger partial charge in [-0.2, -0.15) is 0 Å². The number of hydrogen-bond donors (Lipinski definition) is 2. The number of hydrogen-bond acceptors (Lipinski definition) is 4. The van der Waals surface area contributed by atoms with E-state index in [1.54, 1.807) is 7.11 Å². The van der Waals surface area contributed by atoms with Crippen LogP contribution in [0.2, 0.25) is 0 Å². The van der Waals surface area contributed by atoms with Crippen LogP contribution in [0.4, 0.5) is 0 Å². The number of nitrogens with one attached hydrogen (secondary N) is 1. The number of aliphatic hydroxyl groups is 1. The summed E-state index contributed by atoms with van der Waals surface area (Å²) in [5, 5.41) is 13.1. The summed E-state index contributed by atoms with van der Waals surface area (Å²) in [4.78, 5) is 0. The molecule has 0 saturated heterocycles. The molecule has 19 heavy (non-hydrogen) atoms. The van der Waals surface area contributed by atoms with Crippen LogP contribution >= 0.6 is 0 Å². The zero-order valence-electron chi connectivity index (χ0n) is 12.2. The maximum atomic E-state index is 9.83. The molecule has 4 nitrogen and oxygen atoms in total. The van der Waals surface area contributed by atoms with Crippen LogP contribution in [-0.4, -0.2) is 37.5 Å². The molecule has 1 aromatic rings. The van der Waals surface area contributed by atoms with Crippen molar-refractivity contribution >= 4 is 0 Å². The molecule has 0 aliphatic heterocycles. The average Bonchev–Trinajstić information content (AvgIpc) is 2.42. The minimum absolute atomic E-state index is 0.282. The van der Waals surface area contributed by atoms with Crippen molar-refractivity contribution in [2.45, 2.75) is 32.9 Å². The molecule has 108 valence electrons. The van der Waals surface area contributed by atoms with E-state index in [4.69, 9.17) is 9.47 Å². The van der Waals surface area contributed by atoms with Gasteiger partial charge in [-0.05, 0) is 37.1 Å². The van der Waals surface area contributed by atoms with E-state index in [0.29, 0.717) is 18.5 Å². The van der Waals surface area contributed by atoms with Crippen molar-refractivity contribution in [1.82, 2.24) is 5.32 Å². The molecule has 0 radical (unpaired) electrons. The van der Waals surface area contributed by atoms with E-state index in [9.17, 15) is 5.11 Å². The summed E-state index contributed by atoms with van der Waals surface area (Å²) in [5.74, 6) is 2.08. The molecule has 2 atom stereocenters. The number of methoxy groups -OCH3 is 1. The SMILES string of the molecule is COc1ccc(OCC(O)CNC(C)C(C)C)cc1. The van der Waals surface area contributed by atoms with E-state index in [1.165, 1.54) is 0 Å². The third kappa shape index (κ3) is 5.94. The Morgan fingerprint density at radius 2 is 1.68 bits per heavy atom. The van der Waals surface area contributed by atoms with Crippen molar-refractivity contribution < 1.29 is 14.6 Å². The Hall–Kier alpha value is -1.26. The highest BCUT2D eigenvalue weighted by Gasteiger charge is 2.10. The van der Waals surface area contributed by atoms with Gasteiger partial charge in [-0.15, -0.1) is 0 Å². The zero-order chi connectivity index (χ0) is 14.3. The fraction of sp³-hybridized carbons (Fsp3) is 0.600. The predicted molar refractivity (Wildman–Crippen MR) is 76.8 cm³/mol. The lowest BCUT2D eigenvalue weighted by atomic mass is 10.1. The van der Waals surface area contributed by atoms with Gasteiger partial charge in [-0.3, -0.25) is 0 Å². The molecule has 4 heteroatoms. The summed E-state index contributed by atoms with van der Waals surface area (Å²) in [6.07, 6.45) is -0.511. The summed E-state index contributed by atoms with van der Waals surface area (Å²) >= 11 is 0. The van der Waals surface area contributed by atoms with Gasteiger partial charge in [0.1, 0.15) is 24.2 Å². The second-order valence-corrected chi connectivity index (χ2v) is 5.08. The maximum Gasteiger partial charge on any atom is 0.119 e. The quantitative estimate of drug-likeness (QED) is 0.757. The molecular weight excluding hydrogens is 242 g/mol. The Kier molecular flexibility index (Phi) is 6.67. The minimum atomic E-state index is -0.511. The molecule has 0 fully saturated rings. The van der Waals surface area contributed by atoms with Crippen LogP contribution in [0.3, 0.4) is 0 Å². The molecule has 0 aromatic heterocycles. The Bertz CT molecular complexity index is 351. The highest BCUT2D eigenvalue weighted by Crippen LogP contribution is 2.17. The highest BCUT2D eigenvalue weighted by atomic mass is 16.5. The molecule has 0 saturated carbocycles. The van der Waals surface area contributed by atoms with Gasteiger partial charge in [0.15, 0.2) is 0 Å².